The van der Waals surface area contributed by atoms with Gasteiger partial charge in [0.1, 0.15) is 10.7 Å². The molecule has 1 heterocycles. The summed E-state index contributed by atoms with van der Waals surface area (Å²) in [6, 6.07) is 8.37. The number of thiocarbonyl (C=S) groups is 1. The van der Waals surface area contributed by atoms with Gasteiger partial charge in [-0.05, 0) is 30.3 Å². The first-order chi connectivity index (χ1) is 8.58. The van der Waals surface area contributed by atoms with Crippen LogP contribution in [0.1, 0.15) is 5.56 Å². The second-order valence-electron chi connectivity index (χ2n) is 3.40. The van der Waals surface area contributed by atoms with Gasteiger partial charge in [0.05, 0.1) is 10.6 Å². The van der Waals surface area contributed by atoms with E-state index in [0.29, 0.717) is 27.2 Å². The van der Waals surface area contributed by atoms with Crippen molar-refractivity contribution in [2.75, 3.05) is 0 Å². The monoisotopic (exact) mass is 298 g/mol. The van der Waals surface area contributed by atoms with Gasteiger partial charge in [0.15, 0.2) is 0 Å². The molecule has 92 valence electrons. The van der Waals surface area contributed by atoms with E-state index >= 15 is 0 Å². The van der Waals surface area contributed by atoms with E-state index in [1.165, 1.54) is 0 Å². The lowest BCUT2D eigenvalue weighted by molar-refractivity contribution is 0.462. The molecular formula is C12H8Cl2N2OS. The third-order valence-corrected chi connectivity index (χ3v) is 2.89. The summed E-state index contributed by atoms with van der Waals surface area (Å²) in [5, 5.41) is 0.921. The number of ether oxygens (including phenoxy) is 1. The lowest BCUT2D eigenvalue weighted by atomic mass is 10.2. The van der Waals surface area contributed by atoms with E-state index in [4.69, 9.17) is 45.9 Å². The van der Waals surface area contributed by atoms with Gasteiger partial charge in [-0.2, -0.15) is 0 Å². The van der Waals surface area contributed by atoms with E-state index in [1.807, 2.05) is 0 Å². The highest BCUT2D eigenvalue weighted by Crippen LogP contribution is 2.31. The van der Waals surface area contributed by atoms with Gasteiger partial charge in [-0.3, -0.25) is 0 Å². The van der Waals surface area contributed by atoms with E-state index in [1.54, 1.807) is 36.5 Å². The third-order valence-electron chi connectivity index (χ3n) is 2.14. The Morgan fingerprint density at radius 2 is 2.06 bits per heavy atom. The molecule has 0 radical (unpaired) electrons. The van der Waals surface area contributed by atoms with E-state index < -0.39 is 0 Å². The smallest absolute Gasteiger partial charge is 0.229 e. The van der Waals surface area contributed by atoms with Gasteiger partial charge in [0.25, 0.3) is 0 Å². The minimum atomic E-state index is 0.211. The van der Waals surface area contributed by atoms with Crippen LogP contribution in [0, 0.1) is 0 Å². The maximum absolute atomic E-state index is 6.01. The Balaban J connectivity index is 2.37. The number of pyridine rings is 1. The largest absolute Gasteiger partial charge is 0.437 e. The van der Waals surface area contributed by atoms with Gasteiger partial charge in [-0.1, -0.05) is 35.4 Å². The molecule has 2 N–H and O–H groups in total. The lowest BCUT2D eigenvalue weighted by Crippen LogP contribution is -2.11. The van der Waals surface area contributed by atoms with Crippen molar-refractivity contribution in [3.63, 3.8) is 0 Å². The summed E-state index contributed by atoms with van der Waals surface area (Å²) in [6.45, 7) is 0. The Labute approximate surface area is 119 Å². The molecule has 0 unspecified atom stereocenters. The Bertz CT molecular complexity index is 604. The molecule has 2 rings (SSSR count). The summed E-state index contributed by atoms with van der Waals surface area (Å²) in [7, 11) is 0. The predicted octanol–water partition coefficient (Wildman–Crippen LogP) is 3.81. The molecule has 1 aromatic carbocycles. The first-order valence-corrected chi connectivity index (χ1v) is 6.12. The van der Waals surface area contributed by atoms with Crippen LogP contribution in [0.3, 0.4) is 0 Å². The SMILES string of the molecule is NC(=S)c1cccnc1Oc1ccc(Cl)cc1Cl. The van der Waals surface area contributed by atoms with E-state index in [2.05, 4.69) is 4.98 Å². The summed E-state index contributed by atoms with van der Waals surface area (Å²) in [6.07, 6.45) is 1.58. The van der Waals surface area contributed by atoms with Crippen molar-refractivity contribution in [3.05, 3.63) is 52.1 Å². The number of halogens is 2. The van der Waals surface area contributed by atoms with Crippen LogP contribution in [0.25, 0.3) is 0 Å². The highest BCUT2D eigenvalue weighted by Gasteiger charge is 2.10. The fourth-order valence-electron chi connectivity index (χ4n) is 1.32. The van der Waals surface area contributed by atoms with Crippen molar-refractivity contribution in [1.82, 2.24) is 4.98 Å². The lowest BCUT2D eigenvalue weighted by Gasteiger charge is -2.10. The molecule has 1 aromatic heterocycles. The highest BCUT2D eigenvalue weighted by molar-refractivity contribution is 7.80. The summed E-state index contributed by atoms with van der Waals surface area (Å²) in [5.41, 5.74) is 6.14. The van der Waals surface area contributed by atoms with Crippen LogP contribution in [0.4, 0.5) is 0 Å². The Kier molecular flexibility index (Phi) is 4.01. The molecule has 0 amide bonds. The summed E-state index contributed by atoms with van der Waals surface area (Å²) in [5.74, 6) is 0.756. The predicted molar refractivity (Wildman–Crippen MR) is 76.7 cm³/mol. The van der Waals surface area contributed by atoms with Crippen LogP contribution in [0.5, 0.6) is 11.6 Å². The van der Waals surface area contributed by atoms with Gasteiger partial charge < -0.3 is 10.5 Å². The molecular weight excluding hydrogens is 291 g/mol. The molecule has 0 aliphatic rings. The van der Waals surface area contributed by atoms with Gasteiger partial charge in [0, 0.05) is 11.2 Å². The van der Waals surface area contributed by atoms with Gasteiger partial charge >= 0.3 is 0 Å². The molecule has 18 heavy (non-hydrogen) atoms. The molecule has 3 nitrogen and oxygen atoms in total. The van der Waals surface area contributed by atoms with Crippen molar-refractivity contribution in [3.8, 4) is 11.6 Å². The number of nitrogens with zero attached hydrogens (tertiary/aromatic N) is 1. The Morgan fingerprint density at radius 3 is 2.72 bits per heavy atom. The number of hydrogen-bond acceptors (Lipinski definition) is 3. The first-order valence-electron chi connectivity index (χ1n) is 4.95. The van der Waals surface area contributed by atoms with Crippen molar-refractivity contribution < 1.29 is 4.74 Å². The highest BCUT2D eigenvalue weighted by atomic mass is 35.5. The minimum absolute atomic E-state index is 0.211. The van der Waals surface area contributed by atoms with E-state index in [-0.39, 0.29) is 4.99 Å². The van der Waals surface area contributed by atoms with Crippen molar-refractivity contribution in [2.24, 2.45) is 5.73 Å². The van der Waals surface area contributed by atoms with Gasteiger partial charge in [-0.15, -0.1) is 0 Å². The number of aromatic nitrogens is 1. The van der Waals surface area contributed by atoms with Crippen LogP contribution in [-0.4, -0.2) is 9.97 Å². The zero-order valence-electron chi connectivity index (χ0n) is 9.06. The zero-order valence-corrected chi connectivity index (χ0v) is 11.4. The van der Waals surface area contributed by atoms with E-state index in [9.17, 15) is 0 Å². The summed E-state index contributed by atoms with van der Waals surface area (Å²) < 4.78 is 5.59. The van der Waals surface area contributed by atoms with Gasteiger partial charge in [0.2, 0.25) is 5.88 Å². The van der Waals surface area contributed by atoms with Crippen molar-refractivity contribution in [1.29, 1.82) is 0 Å². The summed E-state index contributed by atoms with van der Waals surface area (Å²) >= 11 is 16.7. The third kappa shape index (κ3) is 2.90. The van der Waals surface area contributed by atoms with Crippen molar-refractivity contribution >= 4 is 40.4 Å². The van der Waals surface area contributed by atoms with Crippen LogP contribution in [-0.2, 0) is 0 Å². The normalized spacial score (nSPS) is 10.1. The number of nitrogens with two attached hydrogens (primary N) is 1. The average molecular weight is 299 g/mol. The zero-order chi connectivity index (χ0) is 13.1. The maximum Gasteiger partial charge on any atom is 0.229 e. The van der Waals surface area contributed by atoms with Crippen LogP contribution < -0.4 is 10.5 Å². The molecule has 0 aliphatic carbocycles. The summed E-state index contributed by atoms with van der Waals surface area (Å²) in [4.78, 5) is 4.29. The van der Waals surface area contributed by atoms with Gasteiger partial charge in [-0.25, -0.2) is 4.98 Å². The molecule has 0 bridgehead atoms. The Hall–Kier alpha value is -1.36. The topological polar surface area (TPSA) is 48.1 Å². The molecule has 6 heteroatoms. The number of hydrogen-bond donors (Lipinski definition) is 1. The standard InChI is InChI=1S/C12H8Cl2N2OS/c13-7-3-4-10(9(14)6-7)17-12-8(11(15)18)2-1-5-16-12/h1-6H,(H2,15,18). The maximum atomic E-state index is 6.01. The van der Waals surface area contributed by atoms with E-state index in [0.717, 1.165) is 0 Å². The Morgan fingerprint density at radius 1 is 1.28 bits per heavy atom. The number of benzene rings is 1. The molecule has 0 aliphatic heterocycles. The van der Waals surface area contributed by atoms with Crippen LogP contribution >= 0.6 is 35.4 Å². The molecule has 0 saturated carbocycles. The molecule has 0 atom stereocenters. The number of rotatable bonds is 3. The second-order valence-corrected chi connectivity index (χ2v) is 4.68. The molecule has 2 aromatic rings. The second kappa shape index (κ2) is 5.52. The quantitative estimate of drug-likeness (QED) is 0.875. The fraction of sp³-hybridized carbons (Fsp3) is 0. The molecule has 0 spiro atoms. The minimum Gasteiger partial charge on any atom is -0.437 e. The average Bonchev–Trinajstić information content (AvgIpc) is 2.33. The van der Waals surface area contributed by atoms with Crippen molar-refractivity contribution in [2.45, 2.75) is 0 Å². The fourth-order valence-corrected chi connectivity index (χ4v) is 1.92. The molecule has 0 saturated heterocycles. The first kappa shape index (κ1) is 13.1. The molecule has 0 fully saturated rings. The van der Waals surface area contributed by atoms with Crippen LogP contribution in [0.15, 0.2) is 36.5 Å². The van der Waals surface area contributed by atoms with Crippen LogP contribution in [0.2, 0.25) is 10.0 Å².